The van der Waals surface area contributed by atoms with Gasteiger partial charge >= 0.3 is 5.97 Å². The predicted octanol–water partition coefficient (Wildman–Crippen LogP) is 3.71. The fraction of sp³-hybridized carbons (Fsp3) is 0.300. The van der Waals surface area contributed by atoms with Crippen LogP contribution in [0.25, 0.3) is 0 Å². The van der Waals surface area contributed by atoms with Crippen molar-refractivity contribution in [3.8, 4) is 0 Å². The third-order valence-corrected chi connectivity index (χ3v) is 4.91. The molecule has 1 aliphatic rings. The molecule has 0 bridgehead atoms. The Hall–Kier alpha value is -2.40. The summed E-state index contributed by atoms with van der Waals surface area (Å²) in [4.78, 5) is 26.0. The Bertz CT molecular complexity index is 818. The molecule has 0 aromatic heterocycles. The van der Waals surface area contributed by atoms with Crippen LogP contribution in [0, 0.1) is 5.82 Å². The summed E-state index contributed by atoms with van der Waals surface area (Å²) in [5.41, 5.74) is 0.586. The van der Waals surface area contributed by atoms with Gasteiger partial charge in [-0.2, -0.15) is 0 Å². The van der Waals surface area contributed by atoms with Gasteiger partial charge in [-0.1, -0.05) is 41.9 Å². The summed E-state index contributed by atoms with van der Waals surface area (Å²) < 4.78 is 18.9. The van der Waals surface area contributed by atoms with E-state index in [0.717, 1.165) is 5.56 Å². The van der Waals surface area contributed by atoms with Gasteiger partial charge in [0.15, 0.2) is 6.61 Å². The summed E-state index contributed by atoms with van der Waals surface area (Å²) in [6.45, 7) is -0.246. The molecule has 1 aliphatic carbocycles. The first kappa shape index (κ1) is 18.4. The van der Waals surface area contributed by atoms with Crippen molar-refractivity contribution in [1.29, 1.82) is 0 Å². The Labute approximate surface area is 156 Å². The van der Waals surface area contributed by atoms with Gasteiger partial charge in [0.05, 0.1) is 5.41 Å². The highest BCUT2D eigenvalue weighted by atomic mass is 35.5. The monoisotopic (exact) mass is 375 g/mol. The zero-order chi connectivity index (χ0) is 18.7. The largest absolute Gasteiger partial charge is 0.455 e. The quantitative estimate of drug-likeness (QED) is 0.723. The summed E-state index contributed by atoms with van der Waals surface area (Å²) in [7, 11) is 1.55. The Morgan fingerprint density at radius 1 is 1.15 bits per heavy atom. The van der Waals surface area contributed by atoms with Crippen LogP contribution in [0.4, 0.5) is 4.39 Å². The number of carbonyl (C=O) groups excluding carboxylic acids is 2. The molecule has 2 aromatic rings. The molecule has 0 radical (unpaired) electrons. The van der Waals surface area contributed by atoms with Gasteiger partial charge in [-0.05, 0) is 36.6 Å². The van der Waals surface area contributed by atoms with E-state index in [4.69, 9.17) is 16.3 Å². The van der Waals surface area contributed by atoms with E-state index in [1.165, 1.54) is 11.0 Å². The summed E-state index contributed by atoms with van der Waals surface area (Å²) in [6.07, 6.45) is 1.37. The third-order valence-electron chi connectivity index (χ3n) is 4.66. The van der Waals surface area contributed by atoms with E-state index in [1.807, 2.05) is 12.1 Å². The van der Waals surface area contributed by atoms with Gasteiger partial charge in [-0.3, -0.25) is 9.59 Å². The average molecular weight is 376 g/mol. The number of rotatable bonds is 6. The molecule has 0 unspecified atom stereocenters. The average Bonchev–Trinajstić information content (AvgIpc) is 3.43. The maximum absolute atomic E-state index is 13.7. The van der Waals surface area contributed by atoms with Crippen molar-refractivity contribution in [2.75, 3.05) is 13.7 Å². The molecule has 0 aliphatic heterocycles. The lowest BCUT2D eigenvalue weighted by molar-refractivity contribution is -0.154. The molecule has 0 spiro atoms. The van der Waals surface area contributed by atoms with Crippen LogP contribution in [0.3, 0.4) is 0 Å². The molecule has 136 valence electrons. The Kier molecular flexibility index (Phi) is 5.28. The van der Waals surface area contributed by atoms with E-state index >= 15 is 0 Å². The SMILES string of the molecule is CN(Cc1ccccc1F)C(=O)COC(=O)C1(c2ccc(Cl)cc2)CC1. The number of amides is 1. The lowest BCUT2D eigenvalue weighted by Gasteiger charge is -2.19. The van der Waals surface area contributed by atoms with Crippen LogP contribution in [-0.4, -0.2) is 30.4 Å². The molecular weight excluding hydrogens is 357 g/mol. The van der Waals surface area contributed by atoms with Crippen molar-refractivity contribution < 1.29 is 18.7 Å². The van der Waals surface area contributed by atoms with E-state index in [-0.39, 0.29) is 24.9 Å². The van der Waals surface area contributed by atoms with Crippen molar-refractivity contribution >= 4 is 23.5 Å². The molecule has 0 saturated heterocycles. The minimum absolute atomic E-state index is 0.116. The Morgan fingerprint density at radius 3 is 2.42 bits per heavy atom. The lowest BCUT2D eigenvalue weighted by Crippen LogP contribution is -2.33. The number of nitrogens with zero attached hydrogens (tertiary/aromatic N) is 1. The van der Waals surface area contributed by atoms with Crippen LogP contribution in [0.2, 0.25) is 5.02 Å². The number of benzene rings is 2. The zero-order valence-electron chi connectivity index (χ0n) is 14.4. The van der Waals surface area contributed by atoms with Gasteiger partial charge in [0.2, 0.25) is 0 Å². The van der Waals surface area contributed by atoms with Crippen molar-refractivity contribution in [3.05, 3.63) is 70.5 Å². The molecule has 6 heteroatoms. The molecule has 1 saturated carbocycles. The fourth-order valence-corrected chi connectivity index (χ4v) is 2.98. The highest BCUT2D eigenvalue weighted by Crippen LogP contribution is 2.49. The van der Waals surface area contributed by atoms with E-state index in [1.54, 1.807) is 37.4 Å². The van der Waals surface area contributed by atoms with Gasteiger partial charge in [0.25, 0.3) is 5.91 Å². The molecule has 26 heavy (non-hydrogen) atoms. The second-order valence-corrected chi connectivity index (χ2v) is 6.94. The number of esters is 1. The topological polar surface area (TPSA) is 46.6 Å². The third kappa shape index (κ3) is 3.88. The molecular formula is C20H19ClFNO3. The molecule has 0 heterocycles. The Balaban J connectivity index is 1.56. The lowest BCUT2D eigenvalue weighted by atomic mass is 9.96. The van der Waals surface area contributed by atoms with Crippen molar-refractivity contribution in [2.45, 2.75) is 24.8 Å². The first-order valence-corrected chi connectivity index (χ1v) is 8.71. The second-order valence-electron chi connectivity index (χ2n) is 6.51. The summed E-state index contributed by atoms with van der Waals surface area (Å²) >= 11 is 5.88. The van der Waals surface area contributed by atoms with Gasteiger partial charge < -0.3 is 9.64 Å². The van der Waals surface area contributed by atoms with Crippen molar-refractivity contribution in [2.24, 2.45) is 0 Å². The first-order chi connectivity index (χ1) is 12.4. The number of ether oxygens (including phenoxy) is 1. The summed E-state index contributed by atoms with van der Waals surface area (Å²) in [5.74, 6) is -1.16. The molecule has 2 aromatic carbocycles. The number of likely N-dealkylation sites (N-methyl/N-ethyl adjacent to an activating group) is 1. The van der Waals surface area contributed by atoms with Crippen molar-refractivity contribution in [3.63, 3.8) is 0 Å². The summed E-state index contributed by atoms with van der Waals surface area (Å²) in [6, 6.07) is 13.3. The maximum Gasteiger partial charge on any atom is 0.317 e. The molecule has 3 rings (SSSR count). The zero-order valence-corrected chi connectivity index (χ0v) is 15.1. The first-order valence-electron chi connectivity index (χ1n) is 8.33. The molecule has 0 atom stereocenters. The number of halogens is 2. The molecule has 1 amide bonds. The van der Waals surface area contributed by atoms with Gasteiger partial charge in [-0.25, -0.2) is 4.39 Å². The molecule has 1 fully saturated rings. The second kappa shape index (κ2) is 7.46. The summed E-state index contributed by atoms with van der Waals surface area (Å²) in [5, 5.41) is 0.600. The van der Waals surface area contributed by atoms with Crippen LogP contribution in [0.5, 0.6) is 0 Å². The van der Waals surface area contributed by atoms with Crippen LogP contribution in [-0.2, 0) is 26.3 Å². The smallest absolute Gasteiger partial charge is 0.317 e. The normalized spacial score (nSPS) is 14.6. The van der Waals surface area contributed by atoms with E-state index in [9.17, 15) is 14.0 Å². The highest BCUT2D eigenvalue weighted by Gasteiger charge is 2.52. The van der Waals surface area contributed by atoms with Crippen molar-refractivity contribution in [1.82, 2.24) is 4.90 Å². The predicted molar refractivity (Wildman–Crippen MR) is 96.2 cm³/mol. The standard InChI is InChI=1S/C20H19ClFNO3/c1-23(12-14-4-2-3-5-17(14)22)18(24)13-26-19(25)20(10-11-20)15-6-8-16(21)9-7-15/h2-9H,10-13H2,1H3. The van der Waals surface area contributed by atoms with Crippen LogP contribution < -0.4 is 0 Å². The maximum atomic E-state index is 13.7. The minimum Gasteiger partial charge on any atom is -0.455 e. The Morgan fingerprint density at radius 2 is 1.81 bits per heavy atom. The minimum atomic E-state index is -0.672. The van der Waals surface area contributed by atoms with Crippen LogP contribution >= 0.6 is 11.6 Å². The van der Waals surface area contributed by atoms with Gasteiger partial charge in [0.1, 0.15) is 5.82 Å². The van der Waals surface area contributed by atoms with E-state index in [2.05, 4.69) is 0 Å². The van der Waals surface area contributed by atoms with E-state index in [0.29, 0.717) is 23.4 Å². The molecule has 0 N–H and O–H groups in total. The molecule has 4 nitrogen and oxygen atoms in total. The fourth-order valence-electron chi connectivity index (χ4n) is 2.85. The van der Waals surface area contributed by atoms with Gasteiger partial charge in [0, 0.05) is 24.2 Å². The highest BCUT2D eigenvalue weighted by molar-refractivity contribution is 6.30. The number of hydrogen-bond acceptors (Lipinski definition) is 3. The van der Waals surface area contributed by atoms with Crippen LogP contribution in [0.15, 0.2) is 48.5 Å². The number of carbonyl (C=O) groups is 2. The number of hydrogen-bond donors (Lipinski definition) is 0. The van der Waals surface area contributed by atoms with E-state index < -0.39 is 11.4 Å². The van der Waals surface area contributed by atoms with Crippen LogP contribution in [0.1, 0.15) is 24.0 Å². The van der Waals surface area contributed by atoms with Gasteiger partial charge in [-0.15, -0.1) is 0 Å².